The third-order valence-corrected chi connectivity index (χ3v) is 2.34. The van der Waals surface area contributed by atoms with Crippen LogP contribution in [0, 0.1) is 11.3 Å². The Bertz CT molecular complexity index is 225. The van der Waals surface area contributed by atoms with E-state index in [1.54, 1.807) is 0 Å². The molecule has 0 atom stereocenters. The molecule has 0 aromatic carbocycles. The SMILES string of the molecule is CC(C)CNC(=O)CNCC(C)(C)CN(C)C. The molecule has 0 saturated carbocycles. The molecule has 17 heavy (non-hydrogen) atoms. The molecule has 102 valence electrons. The summed E-state index contributed by atoms with van der Waals surface area (Å²) in [4.78, 5) is 13.6. The molecule has 0 spiro atoms. The molecule has 0 radical (unpaired) electrons. The van der Waals surface area contributed by atoms with E-state index in [-0.39, 0.29) is 11.3 Å². The van der Waals surface area contributed by atoms with Gasteiger partial charge >= 0.3 is 0 Å². The van der Waals surface area contributed by atoms with Crippen LogP contribution in [0.4, 0.5) is 0 Å². The van der Waals surface area contributed by atoms with Gasteiger partial charge in [0.2, 0.25) is 5.91 Å². The van der Waals surface area contributed by atoms with Crippen molar-refractivity contribution in [3.8, 4) is 0 Å². The van der Waals surface area contributed by atoms with Gasteiger partial charge in [-0.3, -0.25) is 4.79 Å². The number of nitrogens with one attached hydrogen (secondary N) is 2. The Morgan fingerprint density at radius 3 is 2.35 bits per heavy atom. The van der Waals surface area contributed by atoms with Gasteiger partial charge in [-0.05, 0) is 25.4 Å². The van der Waals surface area contributed by atoms with Crippen LogP contribution in [-0.2, 0) is 4.79 Å². The van der Waals surface area contributed by atoms with E-state index >= 15 is 0 Å². The molecule has 0 fully saturated rings. The Hall–Kier alpha value is -0.610. The third-order valence-electron chi connectivity index (χ3n) is 2.34. The first kappa shape index (κ1) is 16.4. The molecule has 0 aromatic heterocycles. The highest BCUT2D eigenvalue weighted by Crippen LogP contribution is 2.13. The molecule has 4 heteroatoms. The van der Waals surface area contributed by atoms with Crippen LogP contribution in [0.1, 0.15) is 27.7 Å². The van der Waals surface area contributed by atoms with Crippen molar-refractivity contribution in [3.63, 3.8) is 0 Å². The van der Waals surface area contributed by atoms with Gasteiger partial charge in [0.1, 0.15) is 0 Å². The van der Waals surface area contributed by atoms with E-state index in [4.69, 9.17) is 0 Å². The second-order valence-corrected chi connectivity index (χ2v) is 6.20. The van der Waals surface area contributed by atoms with Gasteiger partial charge in [0.25, 0.3) is 0 Å². The first-order chi connectivity index (χ1) is 7.73. The monoisotopic (exact) mass is 243 g/mol. The number of carbonyl (C=O) groups is 1. The molecule has 1 amide bonds. The van der Waals surface area contributed by atoms with Crippen LogP contribution in [0.5, 0.6) is 0 Å². The maximum atomic E-state index is 11.5. The molecule has 0 aliphatic rings. The van der Waals surface area contributed by atoms with E-state index in [0.29, 0.717) is 12.5 Å². The van der Waals surface area contributed by atoms with Gasteiger partial charge in [0, 0.05) is 19.6 Å². The molecule has 0 bridgehead atoms. The van der Waals surface area contributed by atoms with Gasteiger partial charge in [-0.1, -0.05) is 27.7 Å². The average Bonchev–Trinajstić information content (AvgIpc) is 2.12. The van der Waals surface area contributed by atoms with E-state index in [0.717, 1.165) is 19.6 Å². The number of hydrogen-bond acceptors (Lipinski definition) is 3. The maximum absolute atomic E-state index is 11.5. The van der Waals surface area contributed by atoms with E-state index in [2.05, 4.69) is 57.3 Å². The highest BCUT2D eigenvalue weighted by molar-refractivity contribution is 5.77. The zero-order valence-corrected chi connectivity index (χ0v) is 12.3. The summed E-state index contributed by atoms with van der Waals surface area (Å²) in [7, 11) is 4.13. The van der Waals surface area contributed by atoms with Crippen LogP contribution < -0.4 is 10.6 Å². The summed E-state index contributed by atoms with van der Waals surface area (Å²) in [6.45, 7) is 11.6. The number of hydrogen-bond donors (Lipinski definition) is 2. The predicted octanol–water partition coefficient (Wildman–Crippen LogP) is 0.936. The first-order valence-corrected chi connectivity index (χ1v) is 6.35. The van der Waals surface area contributed by atoms with Crippen LogP contribution in [0.25, 0.3) is 0 Å². The van der Waals surface area contributed by atoms with E-state index in [1.165, 1.54) is 0 Å². The van der Waals surface area contributed by atoms with Gasteiger partial charge in [-0.25, -0.2) is 0 Å². The Morgan fingerprint density at radius 2 is 1.88 bits per heavy atom. The second-order valence-electron chi connectivity index (χ2n) is 6.20. The number of carbonyl (C=O) groups excluding carboxylic acids is 1. The molecular weight excluding hydrogens is 214 g/mol. The lowest BCUT2D eigenvalue weighted by molar-refractivity contribution is -0.120. The molecule has 0 heterocycles. The van der Waals surface area contributed by atoms with Crippen molar-refractivity contribution in [1.82, 2.24) is 15.5 Å². The molecule has 0 aliphatic carbocycles. The highest BCUT2D eigenvalue weighted by Gasteiger charge is 2.18. The van der Waals surface area contributed by atoms with Gasteiger partial charge in [0.15, 0.2) is 0 Å². The zero-order chi connectivity index (χ0) is 13.5. The topological polar surface area (TPSA) is 44.4 Å². The van der Waals surface area contributed by atoms with Crippen molar-refractivity contribution in [2.24, 2.45) is 11.3 Å². The van der Waals surface area contributed by atoms with Crippen molar-refractivity contribution >= 4 is 5.91 Å². The molecule has 0 rings (SSSR count). The van der Waals surface area contributed by atoms with Crippen LogP contribution in [0.3, 0.4) is 0 Å². The van der Waals surface area contributed by atoms with Crippen molar-refractivity contribution < 1.29 is 4.79 Å². The van der Waals surface area contributed by atoms with Crippen LogP contribution in [0.2, 0.25) is 0 Å². The highest BCUT2D eigenvalue weighted by atomic mass is 16.1. The predicted molar refractivity (Wildman–Crippen MR) is 73.1 cm³/mol. The molecule has 0 unspecified atom stereocenters. The summed E-state index contributed by atoms with van der Waals surface area (Å²) < 4.78 is 0. The molecule has 0 aromatic rings. The Balaban J connectivity index is 3.71. The van der Waals surface area contributed by atoms with Crippen molar-refractivity contribution in [2.75, 3.05) is 40.3 Å². The molecule has 0 saturated heterocycles. The smallest absolute Gasteiger partial charge is 0.233 e. The largest absolute Gasteiger partial charge is 0.355 e. The Kier molecular flexibility index (Phi) is 7.39. The quantitative estimate of drug-likeness (QED) is 0.667. The lowest BCUT2D eigenvalue weighted by Gasteiger charge is -2.28. The van der Waals surface area contributed by atoms with Crippen molar-refractivity contribution in [1.29, 1.82) is 0 Å². The van der Waals surface area contributed by atoms with Crippen molar-refractivity contribution in [2.45, 2.75) is 27.7 Å². The van der Waals surface area contributed by atoms with E-state index in [1.807, 2.05) is 0 Å². The number of nitrogens with zero attached hydrogens (tertiary/aromatic N) is 1. The molecule has 2 N–H and O–H groups in total. The molecular formula is C13H29N3O. The zero-order valence-electron chi connectivity index (χ0n) is 12.3. The van der Waals surface area contributed by atoms with Gasteiger partial charge in [-0.15, -0.1) is 0 Å². The fourth-order valence-electron chi connectivity index (χ4n) is 1.81. The Labute approximate surface area is 106 Å². The minimum Gasteiger partial charge on any atom is -0.355 e. The summed E-state index contributed by atoms with van der Waals surface area (Å²) in [5.74, 6) is 0.587. The van der Waals surface area contributed by atoms with Crippen LogP contribution >= 0.6 is 0 Å². The lowest BCUT2D eigenvalue weighted by Crippen LogP contribution is -2.42. The van der Waals surface area contributed by atoms with Gasteiger partial charge in [0.05, 0.1) is 6.54 Å². The number of amides is 1. The Morgan fingerprint density at radius 1 is 1.29 bits per heavy atom. The molecule has 0 aliphatic heterocycles. The fourth-order valence-corrected chi connectivity index (χ4v) is 1.81. The lowest BCUT2D eigenvalue weighted by atomic mass is 9.93. The minimum atomic E-state index is 0.0827. The van der Waals surface area contributed by atoms with Crippen molar-refractivity contribution in [3.05, 3.63) is 0 Å². The summed E-state index contributed by atoms with van der Waals surface area (Å²) in [6.07, 6.45) is 0. The third kappa shape index (κ3) is 10.3. The normalized spacial score (nSPS) is 12.2. The van der Waals surface area contributed by atoms with Gasteiger partial charge < -0.3 is 15.5 Å². The van der Waals surface area contributed by atoms with Crippen LogP contribution in [0.15, 0.2) is 0 Å². The first-order valence-electron chi connectivity index (χ1n) is 6.35. The van der Waals surface area contributed by atoms with E-state index < -0.39 is 0 Å². The minimum absolute atomic E-state index is 0.0827. The van der Waals surface area contributed by atoms with Gasteiger partial charge in [-0.2, -0.15) is 0 Å². The summed E-state index contributed by atoms with van der Waals surface area (Å²) in [6, 6.07) is 0. The maximum Gasteiger partial charge on any atom is 0.233 e. The summed E-state index contributed by atoms with van der Waals surface area (Å²) in [5, 5.41) is 6.11. The second kappa shape index (κ2) is 7.67. The average molecular weight is 243 g/mol. The number of rotatable bonds is 8. The van der Waals surface area contributed by atoms with E-state index in [9.17, 15) is 4.79 Å². The standard InChI is InChI=1S/C13H29N3O/c1-11(2)7-15-12(17)8-14-9-13(3,4)10-16(5)6/h11,14H,7-10H2,1-6H3,(H,15,17). The van der Waals surface area contributed by atoms with Crippen LogP contribution in [-0.4, -0.2) is 51.1 Å². The fraction of sp³-hybridized carbons (Fsp3) is 0.923. The molecule has 4 nitrogen and oxygen atoms in total. The summed E-state index contributed by atoms with van der Waals surface area (Å²) >= 11 is 0. The summed E-state index contributed by atoms with van der Waals surface area (Å²) in [5.41, 5.74) is 0.182.